The Morgan fingerprint density at radius 2 is 2.31 bits per heavy atom. The van der Waals surface area contributed by atoms with Gasteiger partial charge in [0.15, 0.2) is 0 Å². The quantitative estimate of drug-likeness (QED) is 0.835. The zero-order valence-electron chi connectivity index (χ0n) is 9.88. The highest BCUT2D eigenvalue weighted by Crippen LogP contribution is 2.08. The van der Waals surface area contributed by atoms with Crippen molar-refractivity contribution in [2.45, 2.75) is 26.3 Å². The number of carbonyl (C=O) groups is 1. The van der Waals surface area contributed by atoms with Gasteiger partial charge in [0, 0.05) is 19.6 Å². The molecule has 0 aliphatic carbocycles. The van der Waals surface area contributed by atoms with Gasteiger partial charge >= 0.3 is 0 Å². The molecular weight excluding hydrogens is 224 g/mol. The maximum Gasteiger partial charge on any atom is 0.266 e. The highest BCUT2D eigenvalue weighted by molar-refractivity contribution is 7.07. The minimum atomic E-state index is -0.0362. The van der Waals surface area contributed by atoms with E-state index in [1.165, 1.54) is 6.20 Å². The van der Waals surface area contributed by atoms with E-state index in [1.807, 2.05) is 0 Å². The molecule has 0 aromatic carbocycles. The summed E-state index contributed by atoms with van der Waals surface area (Å²) in [7, 11) is 1.77. The molecule has 1 atom stereocenters. The number of carbonyl (C=O) groups excluding carboxylic acids is 1. The normalized spacial score (nSPS) is 12.8. The second-order valence-electron chi connectivity index (χ2n) is 4.21. The van der Waals surface area contributed by atoms with Gasteiger partial charge in [-0.25, -0.2) is 0 Å². The van der Waals surface area contributed by atoms with Crippen molar-refractivity contribution >= 4 is 17.4 Å². The Morgan fingerprint density at radius 3 is 2.81 bits per heavy atom. The van der Waals surface area contributed by atoms with Crippen LogP contribution in [0.5, 0.6) is 0 Å². The van der Waals surface area contributed by atoms with Crippen LogP contribution in [0.1, 0.15) is 29.9 Å². The van der Waals surface area contributed by atoms with Crippen molar-refractivity contribution in [3.8, 4) is 0 Å². The van der Waals surface area contributed by atoms with Crippen molar-refractivity contribution in [3.63, 3.8) is 0 Å². The minimum absolute atomic E-state index is 0.0362. The van der Waals surface area contributed by atoms with Crippen molar-refractivity contribution in [2.24, 2.45) is 11.7 Å². The Bertz CT molecular complexity index is 326. The second kappa shape index (κ2) is 5.91. The van der Waals surface area contributed by atoms with E-state index < -0.39 is 0 Å². The van der Waals surface area contributed by atoms with Crippen LogP contribution in [0.15, 0.2) is 6.20 Å². The molecular formula is C10H18N4OS. The van der Waals surface area contributed by atoms with Crippen LogP contribution < -0.4 is 5.73 Å². The van der Waals surface area contributed by atoms with Gasteiger partial charge in [-0.2, -0.15) is 0 Å². The van der Waals surface area contributed by atoms with Crippen LogP contribution in [0.4, 0.5) is 0 Å². The molecule has 90 valence electrons. The molecule has 0 saturated heterocycles. The lowest BCUT2D eigenvalue weighted by atomic mass is 10.0. The van der Waals surface area contributed by atoms with Crippen molar-refractivity contribution in [1.82, 2.24) is 14.5 Å². The fraction of sp³-hybridized carbons (Fsp3) is 0.700. The third-order valence-electron chi connectivity index (χ3n) is 2.57. The van der Waals surface area contributed by atoms with Crippen molar-refractivity contribution in [3.05, 3.63) is 11.1 Å². The van der Waals surface area contributed by atoms with Gasteiger partial charge in [0.1, 0.15) is 4.88 Å². The fourth-order valence-electron chi connectivity index (χ4n) is 1.23. The molecule has 0 saturated carbocycles. The molecule has 0 spiro atoms. The van der Waals surface area contributed by atoms with Gasteiger partial charge in [-0.3, -0.25) is 4.79 Å². The molecule has 1 aromatic rings. The van der Waals surface area contributed by atoms with Crippen LogP contribution >= 0.6 is 11.5 Å². The average Bonchev–Trinajstić information content (AvgIpc) is 2.77. The van der Waals surface area contributed by atoms with E-state index in [1.54, 1.807) is 11.9 Å². The third-order valence-corrected chi connectivity index (χ3v) is 3.23. The maximum atomic E-state index is 11.8. The van der Waals surface area contributed by atoms with Crippen LogP contribution in [0.25, 0.3) is 0 Å². The van der Waals surface area contributed by atoms with Gasteiger partial charge in [0.25, 0.3) is 5.91 Å². The number of rotatable bonds is 5. The summed E-state index contributed by atoms with van der Waals surface area (Å²) in [5.74, 6) is 0.402. The lowest BCUT2D eigenvalue weighted by Crippen LogP contribution is -2.34. The Labute approximate surface area is 99.8 Å². The summed E-state index contributed by atoms with van der Waals surface area (Å²) >= 11 is 1.12. The highest BCUT2D eigenvalue weighted by Gasteiger charge is 2.15. The first-order chi connectivity index (χ1) is 7.52. The molecule has 6 heteroatoms. The summed E-state index contributed by atoms with van der Waals surface area (Å²) in [5.41, 5.74) is 5.92. The molecule has 1 unspecified atom stereocenters. The Hall–Kier alpha value is -1.01. The van der Waals surface area contributed by atoms with E-state index in [-0.39, 0.29) is 11.9 Å². The monoisotopic (exact) mass is 242 g/mol. The predicted molar refractivity (Wildman–Crippen MR) is 64.3 cm³/mol. The summed E-state index contributed by atoms with van der Waals surface area (Å²) in [6.07, 6.45) is 2.30. The first-order valence-electron chi connectivity index (χ1n) is 5.30. The van der Waals surface area contributed by atoms with E-state index >= 15 is 0 Å². The van der Waals surface area contributed by atoms with Crippen LogP contribution in [0.2, 0.25) is 0 Å². The zero-order valence-corrected chi connectivity index (χ0v) is 10.7. The minimum Gasteiger partial charge on any atom is -0.341 e. The van der Waals surface area contributed by atoms with Crippen LogP contribution in [0, 0.1) is 5.92 Å². The number of aromatic nitrogens is 2. The van der Waals surface area contributed by atoms with Gasteiger partial charge in [0.05, 0.1) is 6.20 Å². The average molecular weight is 242 g/mol. The second-order valence-corrected chi connectivity index (χ2v) is 4.99. The molecule has 0 bridgehead atoms. The largest absolute Gasteiger partial charge is 0.341 e. The van der Waals surface area contributed by atoms with Crippen molar-refractivity contribution < 1.29 is 4.79 Å². The molecule has 5 nitrogen and oxygen atoms in total. The lowest BCUT2D eigenvalue weighted by Gasteiger charge is -2.20. The van der Waals surface area contributed by atoms with Crippen LogP contribution in [0.3, 0.4) is 0 Å². The molecule has 2 N–H and O–H groups in total. The first-order valence-corrected chi connectivity index (χ1v) is 6.08. The first kappa shape index (κ1) is 13.1. The van der Waals surface area contributed by atoms with E-state index in [0.717, 1.165) is 18.0 Å². The fourth-order valence-corrected chi connectivity index (χ4v) is 1.74. The number of hydrogen-bond acceptors (Lipinski definition) is 5. The maximum absolute atomic E-state index is 11.8. The summed E-state index contributed by atoms with van der Waals surface area (Å²) in [5, 5.41) is 3.65. The van der Waals surface area contributed by atoms with E-state index in [0.29, 0.717) is 17.3 Å². The van der Waals surface area contributed by atoms with E-state index in [2.05, 4.69) is 23.4 Å². The van der Waals surface area contributed by atoms with E-state index in [9.17, 15) is 4.79 Å². The van der Waals surface area contributed by atoms with Gasteiger partial charge in [0.2, 0.25) is 0 Å². The Kier molecular flexibility index (Phi) is 4.82. The summed E-state index contributed by atoms with van der Waals surface area (Å²) in [6.45, 7) is 4.83. The number of hydrogen-bond donors (Lipinski definition) is 1. The van der Waals surface area contributed by atoms with Crippen LogP contribution in [-0.4, -0.2) is 40.0 Å². The highest BCUT2D eigenvalue weighted by atomic mass is 32.1. The lowest BCUT2D eigenvalue weighted by molar-refractivity contribution is 0.0793. The molecule has 1 rings (SSSR count). The van der Waals surface area contributed by atoms with Crippen LogP contribution in [-0.2, 0) is 0 Å². The summed E-state index contributed by atoms with van der Waals surface area (Å²) in [6, 6.07) is 0.134. The topological polar surface area (TPSA) is 72.1 Å². The summed E-state index contributed by atoms with van der Waals surface area (Å²) < 4.78 is 3.67. The molecule has 1 heterocycles. The Morgan fingerprint density at radius 1 is 1.62 bits per heavy atom. The van der Waals surface area contributed by atoms with Gasteiger partial charge in [-0.05, 0) is 23.9 Å². The van der Waals surface area contributed by atoms with Crippen molar-refractivity contribution in [1.29, 1.82) is 0 Å². The van der Waals surface area contributed by atoms with Gasteiger partial charge in [-0.15, -0.1) is 5.10 Å². The van der Waals surface area contributed by atoms with Crippen molar-refractivity contribution in [2.75, 3.05) is 13.6 Å². The molecule has 16 heavy (non-hydrogen) atoms. The van der Waals surface area contributed by atoms with E-state index in [4.69, 9.17) is 5.73 Å². The standard InChI is InChI=1S/C10H18N4OS/c1-7(2)8(11)4-5-14(3)10(15)9-6-12-13-16-9/h6-8H,4-5,11H2,1-3H3. The van der Waals surface area contributed by atoms with Gasteiger partial charge in [-0.1, -0.05) is 18.3 Å². The number of nitrogens with two attached hydrogens (primary N) is 1. The molecule has 0 aliphatic heterocycles. The summed E-state index contributed by atoms with van der Waals surface area (Å²) in [4.78, 5) is 14.0. The smallest absolute Gasteiger partial charge is 0.266 e. The SMILES string of the molecule is CC(C)C(N)CCN(C)C(=O)c1cnns1. The number of amides is 1. The molecule has 0 fully saturated rings. The molecule has 0 radical (unpaired) electrons. The Balaban J connectivity index is 2.41. The zero-order chi connectivity index (χ0) is 12.1. The third kappa shape index (κ3) is 3.53. The molecule has 1 amide bonds. The molecule has 1 aromatic heterocycles. The predicted octanol–water partition coefficient (Wildman–Crippen LogP) is 0.983. The molecule has 0 aliphatic rings. The van der Waals surface area contributed by atoms with Gasteiger partial charge < -0.3 is 10.6 Å². The number of nitrogens with zero attached hydrogens (tertiary/aromatic N) is 3.